The van der Waals surface area contributed by atoms with Crippen molar-refractivity contribution >= 4 is 22.5 Å². The number of ether oxygens (including phenoxy) is 2. The van der Waals surface area contributed by atoms with Crippen molar-refractivity contribution in [3.63, 3.8) is 0 Å². The fourth-order valence-corrected chi connectivity index (χ4v) is 3.37. The summed E-state index contributed by atoms with van der Waals surface area (Å²) in [6, 6.07) is 6.26. The second kappa shape index (κ2) is 7.07. The van der Waals surface area contributed by atoms with E-state index in [9.17, 15) is 0 Å². The summed E-state index contributed by atoms with van der Waals surface area (Å²) in [6.07, 6.45) is 5.41. The topological polar surface area (TPSA) is 88.2 Å². The molecular formula is C18H22N6O2. The van der Waals surface area contributed by atoms with Crippen molar-refractivity contribution in [1.29, 1.82) is 0 Å². The Hall–Kier alpha value is -3.03. The fourth-order valence-electron chi connectivity index (χ4n) is 3.37. The molecule has 4 rings (SSSR count). The molecule has 0 spiro atoms. The normalized spacial score (nSPS) is 15.2. The Kier molecular flexibility index (Phi) is 4.47. The largest absolute Gasteiger partial charge is 0.497 e. The molecule has 26 heavy (non-hydrogen) atoms. The molecule has 0 radical (unpaired) electrons. The average Bonchev–Trinajstić information content (AvgIpc) is 3.17. The van der Waals surface area contributed by atoms with Gasteiger partial charge in [0.25, 0.3) is 0 Å². The van der Waals surface area contributed by atoms with Crippen LogP contribution in [-0.4, -0.2) is 53.5 Å². The molecule has 0 aliphatic carbocycles. The minimum atomic E-state index is 0.393. The van der Waals surface area contributed by atoms with E-state index < -0.39 is 0 Å². The first-order chi connectivity index (χ1) is 12.8. The molecule has 2 N–H and O–H groups in total. The van der Waals surface area contributed by atoms with Crippen LogP contribution >= 0.6 is 0 Å². The summed E-state index contributed by atoms with van der Waals surface area (Å²) in [6.45, 7) is 1.85. The molecule has 3 heterocycles. The minimum Gasteiger partial charge on any atom is -0.497 e. The number of rotatable bonds is 5. The van der Waals surface area contributed by atoms with Crippen LogP contribution in [0, 0.1) is 0 Å². The molecule has 0 saturated carbocycles. The van der Waals surface area contributed by atoms with Crippen molar-refractivity contribution in [3.05, 3.63) is 30.7 Å². The van der Waals surface area contributed by atoms with Gasteiger partial charge in [0, 0.05) is 43.0 Å². The smallest absolute Gasteiger partial charge is 0.160 e. The molecule has 1 saturated heterocycles. The molecule has 1 aromatic carbocycles. The molecule has 0 bridgehead atoms. The van der Waals surface area contributed by atoms with E-state index in [-0.39, 0.29) is 0 Å². The molecule has 0 atom stereocenters. The lowest BCUT2D eigenvalue weighted by molar-refractivity contribution is 0.394. The minimum absolute atomic E-state index is 0.393. The third-order valence-electron chi connectivity index (χ3n) is 4.74. The molecule has 0 amide bonds. The number of fused-ring (bicyclic) bond motifs is 1. The van der Waals surface area contributed by atoms with Gasteiger partial charge < -0.3 is 19.7 Å². The second-order valence-corrected chi connectivity index (χ2v) is 6.34. The molecule has 1 fully saturated rings. The van der Waals surface area contributed by atoms with Crippen LogP contribution in [-0.2, 0) is 0 Å². The molecule has 136 valence electrons. The SMILES string of the molecule is COc1cc(NC2CCN(c3ncnc4[nH]ncc34)CC2)cc(OC)c1. The summed E-state index contributed by atoms with van der Waals surface area (Å²) in [5, 5.41) is 11.5. The van der Waals surface area contributed by atoms with Gasteiger partial charge in [-0.25, -0.2) is 9.97 Å². The summed E-state index contributed by atoms with van der Waals surface area (Å²) in [4.78, 5) is 11.0. The standard InChI is InChI=1S/C18H22N6O2/c1-25-14-7-13(8-15(9-14)26-2)22-12-3-5-24(6-4-12)18-16-10-21-23-17(16)19-11-20-18/h7-12,22H,3-6H2,1-2H3,(H,19,20,21,23). The van der Waals surface area contributed by atoms with Crippen LogP contribution in [0.5, 0.6) is 11.5 Å². The molecule has 1 aliphatic rings. The van der Waals surface area contributed by atoms with Gasteiger partial charge in [0.05, 0.1) is 25.8 Å². The number of hydrogen-bond donors (Lipinski definition) is 2. The van der Waals surface area contributed by atoms with Crippen molar-refractivity contribution < 1.29 is 9.47 Å². The maximum absolute atomic E-state index is 5.34. The van der Waals surface area contributed by atoms with Crippen LogP contribution in [0.25, 0.3) is 11.0 Å². The first-order valence-corrected chi connectivity index (χ1v) is 8.65. The number of benzene rings is 1. The van der Waals surface area contributed by atoms with E-state index in [1.807, 2.05) is 18.2 Å². The van der Waals surface area contributed by atoms with Gasteiger partial charge in [-0.1, -0.05) is 0 Å². The zero-order chi connectivity index (χ0) is 17.9. The van der Waals surface area contributed by atoms with Gasteiger partial charge >= 0.3 is 0 Å². The van der Waals surface area contributed by atoms with Crippen molar-refractivity contribution in [3.8, 4) is 11.5 Å². The molecule has 1 aliphatic heterocycles. The number of methoxy groups -OCH3 is 2. The average molecular weight is 354 g/mol. The van der Waals surface area contributed by atoms with Gasteiger partial charge in [0.2, 0.25) is 0 Å². The fraction of sp³-hybridized carbons (Fsp3) is 0.389. The lowest BCUT2D eigenvalue weighted by Gasteiger charge is -2.33. The monoisotopic (exact) mass is 354 g/mol. The van der Waals surface area contributed by atoms with Crippen LogP contribution < -0.4 is 19.7 Å². The number of nitrogens with zero attached hydrogens (tertiary/aromatic N) is 4. The van der Waals surface area contributed by atoms with Crippen LogP contribution in [0.1, 0.15) is 12.8 Å². The Morgan fingerprint density at radius 2 is 1.81 bits per heavy atom. The van der Waals surface area contributed by atoms with Crippen LogP contribution in [0.15, 0.2) is 30.7 Å². The second-order valence-electron chi connectivity index (χ2n) is 6.34. The Balaban J connectivity index is 1.43. The molecule has 0 unspecified atom stereocenters. The van der Waals surface area contributed by atoms with E-state index in [1.165, 1.54) is 0 Å². The third-order valence-corrected chi connectivity index (χ3v) is 4.74. The van der Waals surface area contributed by atoms with Crippen LogP contribution in [0.4, 0.5) is 11.5 Å². The number of H-pyrrole nitrogens is 1. The number of aromatic amines is 1. The molecule has 8 nitrogen and oxygen atoms in total. The van der Waals surface area contributed by atoms with Crippen molar-refractivity contribution in [2.45, 2.75) is 18.9 Å². The maximum atomic E-state index is 5.34. The van der Waals surface area contributed by atoms with E-state index in [0.29, 0.717) is 6.04 Å². The third kappa shape index (κ3) is 3.22. The van der Waals surface area contributed by atoms with Gasteiger partial charge in [-0.3, -0.25) is 5.10 Å². The summed E-state index contributed by atoms with van der Waals surface area (Å²) >= 11 is 0. The highest BCUT2D eigenvalue weighted by Crippen LogP contribution is 2.29. The Morgan fingerprint density at radius 3 is 2.50 bits per heavy atom. The number of aromatic nitrogens is 4. The highest BCUT2D eigenvalue weighted by molar-refractivity contribution is 5.86. The lowest BCUT2D eigenvalue weighted by Crippen LogP contribution is -2.39. The molecule has 8 heteroatoms. The zero-order valence-corrected chi connectivity index (χ0v) is 14.9. The van der Waals surface area contributed by atoms with E-state index >= 15 is 0 Å². The first-order valence-electron chi connectivity index (χ1n) is 8.65. The number of anilines is 2. The Bertz CT molecular complexity index is 866. The summed E-state index contributed by atoms with van der Waals surface area (Å²) < 4.78 is 10.7. The van der Waals surface area contributed by atoms with Gasteiger partial charge in [-0.15, -0.1) is 0 Å². The van der Waals surface area contributed by atoms with E-state index in [4.69, 9.17) is 9.47 Å². The maximum Gasteiger partial charge on any atom is 0.160 e. The van der Waals surface area contributed by atoms with Gasteiger partial charge in [-0.05, 0) is 12.8 Å². The van der Waals surface area contributed by atoms with E-state index in [2.05, 4.69) is 30.4 Å². The van der Waals surface area contributed by atoms with Gasteiger partial charge in [0.1, 0.15) is 23.6 Å². The molecule has 3 aromatic rings. The predicted molar refractivity (Wildman–Crippen MR) is 100 cm³/mol. The van der Waals surface area contributed by atoms with E-state index in [1.54, 1.807) is 26.7 Å². The Labute approximate surface area is 151 Å². The molecule has 2 aromatic heterocycles. The lowest BCUT2D eigenvalue weighted by atomic mass is 10.0. The van der Waals surface area contributed by atoms with Crippen LogP contribution in [0.2, 0.25) is 0 Å². The summed E-state index contributed by atoms with van der Waals surface area (Å²) in [5.74, 6) is 2.52. The van der Waals surface area contributed by atoms with Crippen molar-refractivity contribution in [1.82, 2.24) is 20.2 Å². The van der Waals surface area contributed by atoms with Gasteiger partial charge in [0.15, 0.2) is 5.65 Å². The van der Waals surface area contributed by atoms with E-state index in [0.717, 1.165) is 60.0 Å². The highest BCUT2D eigenvalue weighted by Gasteiger charge is 2.22. The van der Waals surface area contributed by atoms with Crippen molar-refractivity contribution in [2.75, 3.05) is 37.5 Å². The van der Waals surface area contributed by atoms with Crippen LogP contribution in [0.3, 0.4) is 0 Å². The zero-order valence-electron chi connectivity index (χ0n) is 14.9. The Morgan fingerprint density at radius 1 is 1.08 bits per heavy atom. The number of piperidine rings is 1. The highest BCUT2D eigenvalue weighted by atomic mass is 16.5. The first kappa shape index (κ1) is 16.4. The summed E-state index contributed by atoms with van der Waals surface area (Å²) in [7, 11) is 3.32. The summed E-state index contributed by atoms with van der Waals surface area (Å²) in [5.41, 5.74) is 1.79. The predicted octanol–water partition coefficient (Wildman–Crippen LogP) is 2.45. The molecular weight excluding hydrogens is 332 g/mol. The quantitative estimate of drug-likeness (QED) is 0.727. The number of hydrogen-bond acceptors (Lipinski definition) is 7. The van der Waals surface area contributed by atoms with Crippen molar-refractivity contribution in [2.24, 2.45) is 0 Å². The van der Waals surface area contributed by atoms with Gasteiger partial charge in [-0.2, -0.15) is 5.10 Å². The number of nitrogens with one attached hydrogen (secondary N) is 2.